The molecule has 124 valence electrons. The van der Waals surface area contributed by atoms with Crippen LogP contribution >= 0.6 is 15.9 Å². The first kappa shape index (κ1) is 16.5. The summed E-state index contributed by atoms with van der Waals surface area (Å²) >= 11 is 2.97. The van der Waals surface area contributed by atoms with Crippen molar-refractivity contribution in [2.75, 3.05) is 5.75 Å². The van der Waals surface area contributed by atoms with Gasteiger partial charge in [-0.1, -0.05) is 6.07 Å². The van der Waals surface area contributed by atoms with Crippen LogP contribution in [-0.2, 0) is 9.84 Å². The molecular formula is C14H10BrF4NO2S. The third kappa shape index (κ3) is 2.91. The van der Waals surface area contributed by atoms with Crippen LogP contribution in [0.15, 0.2) is 45.0 Å². The topological polar surface area (TPSA) is 46.2 Å². The second kappa shape index (κ2) is 5.34. The molecule has 2 aliphatic rings. The van der Waals surface area contributed by atoms with Crippen LogP contribution in [-0.4, -0.2) is 20.3 Å². The summed E-state index contributed by atoms with van der Waals surface area (Å²) in [5, 5.41) is 2.19. The average Bonchev–Trinajstić information content (AvgIpc) is 2.76. The van der Waals surface area contributed by atoms with Gasteiger partial charge in [0.25, 0.3) is 0 Å². The normalized spacial score (nSPS) is 23.3. The fraction of sp³-hybridized carbons (Fsp3) is 0.286. The zero-order chi connectivity index (χ0) is 17.0. The molecule has 2 heterocycles. The summed E-state index contributed by atoms with van der Waals surface area (Å²) in [4.78, 5) is -0.0657. The summed E-state index contributed by atoms with van der Waals surface area (Å²) in [7, 11) is -3.64. The molecule has 0 aromatic heterocycles. The first-order chi connectivity index (χ1) is 10.6. The Bertz CT molecular complexity index is 843. The SMILES string of the molecule is O=S1(=O)CCC2=C1C(c1ccc(F)c(Br)c1)C=C(C(F)(F)F)N2. The maximum Gasteiger partial charge on any atom is 0.430 e. The number of allylic oxidation sites excluding steroid dienone is 4. The zero-order valence-corrected chi connectivity index (χ0v) is 13.8. The predicted molar refractivity (Wildman–Crippen MR) is 79.5 cm³/mol. The third-order valence-corrected chi connectivity index (χ3v) is 6.28. The number of sulfone groups is 1. The van der Waals surface area contributed by atoms with Crippen LogP contribution in [0.1, 0.15) is 17.9 Å². The summed E-state index contributed by atoms with van der Waals surface area (Å²) in [5.74, 6) is -1.90. The Kier molecular flexibility index (Phi) is 3.83. The lowest BCUT2D eigenvalue weighted by atomic mass is 9.93. The van der Waals surface area contributed by atoms with Gasteiger partial charge in [-0.05, 0) is 39.7 Å². The van der Waals surface area contributed by atoms with Crippen molar-refractivity contribution >= 4 is 25.8 Å². The lowest BCUT2D eigenvalue weighted by Crippen LogP contribution is -2.30. The number of hydrogen-bond acceptors (Lipinski definition) is 3. The van der Waals surface area contributed by atoms with Crippen LogP contribution < -0.4 is 5.32 Å². The minimum atomic E-state index is -4.62. The molecule has 0 spiro atoms. The van der Waals surface area contributed by atoms with E-state index in [2.05, 4.69) is 21.2 Å². The Labute approximate surface area is 138 Å². The van der Waals surface area contributed by atoms with Gasteiger partial charge < -0.3 is 5.32 Å². The molecule has 0 fully saturated rings. The van der Waals surface area contributed by atoms with Crippen molar-refractivity contribution in [2.45, 2.75) is 18.5 Å². The van der Waals surface area contributed by atoms with E-state index in [9.17, 15) is 26.0 Å². The highest BCUT2D eigenvalue weighted by Crippen LogP contribution is 2.43. The Morgan fingerprint density at radius 2 is 1.96 bits per heavy atom. The molecule has 1 aromatic carbocycles. The molecule has 1 N–H and O–H groups in total. The van der Waals surface area contributed by atoms with Crippen molar-refractivity contribution < 1.29 is 26.0 Å². The van der Waals surface area contributed by atoms with E-state index in [1.807, 2.05) is 0 Å². The van der Waals surface area contributed by atoms with Crippen LogP contribution in [0.4, 0.5) is 17.6 Å². The predicted octanol–water partition coefficient (Wildman–Crippen LogP) is 3.75. The van der Waals surface area contributed by atoms with Crippen LogP contribution in [0.25, 0.3) is 0 Å². The number of dihydropyridines is 1. The van der Waals surface area contributed by atoms with E-state index in [0.717, 1.165) is 12.1 Å². The van der Waals surface area contributed by atoms with E-state index in [0.29, 0.717) is 0 Å². The van der Waals surface area contributed by atoms with Gasteiger partial charge in [0.05, 0.1) is 15.1 Å². The van der Waals surface area contributed by atoms with Gasteiger partial charge in [0.15, 0.2) is 9.84 Å². The molecule has 3 rings (SSSR count). The summed E-state index contributed by atoms with van der Waals surface area (Å²) in [6.07, 6.45) is -3.79. The number of rotatable bonds is 1. The summed E-state index contributed by atoms with van der Waals surface area (Å²) in [5.41, 5.74) is -0.663. The van der Waals surface area contributed by atoms with Gasteiger partial charge in [-0.15, -0.1) is 0 Å². The molecular weight excluding hydrogens is 402 g/mol. The molecule has 1 unspecified atom stereocenters. The van der Waals surface area contributed by atoms with Crippen molar-refractivity contribution in [3.8, 4) is 0 Å². The Morgan fingerprint density at radius 3 is 2.57 bits per heavy atom. The van der Waals surface area contributed by atoms with E-state index in [1.165, 1.54) is 12.1 Å². The Hall–Kier alpha value is -1.35. The quantitative estimate of drug-likeness (QED) is 0.715. The number of halogens is 5. The number of benzene rings is 1. The van der Waals surface area contributed by atoms with Gasteiger partial charge in [0.2, 0.25) is 0 Å². The van der Waals surface area contributed by atoms with Crippen molar-refractivity contribution in [3.63, 3.8) is 0 Å². The van der Waals surface area contributed by atoms with Crippen molar-refractivity contribution in [1.82, 2.24) is 5.32 Å². The van der Waals surface area contributed by atoms with Crippen LogP contribution in [0, 0.1) is 5.82 Å². The van der Waals surface area contributed by atoms with Gasteiger partial charge >= 0.3 is 6.18 Å². The van der Waals surface area contributed by atoms with E-state index in [4.69, 9.17) is 0 Å². The molecule has 0 bridgehead atoms. The Balaban J connectivity index is 2.17. The summed E-state index contributed by atoms with van der Waals surface area (Å²) in [6.45, 7) is 0. The lowest BCUT2D eigenvalue weighted by molar-refractivity contribution is -0.0964. The standard InChI is InChI=1S/C14H10BrF4NO2S/c15-9-5-7(1-2-10(9)16)8-6-12(14(17,18)19)20-11-3-4-23(21,22)13(8)11/h1-2,5-6,8,20H,3-4H2. The first-order valence-electron chi connectivity index (χ1n) is 6.56. The molecule has 0 amide bonds. The minimum Gasteiger partial charge on any atom is -0.354 e. The number of alkyl halides is 3. The van der Waals surface area contributed by atoms with Crippen molar-refractivity contribution in [1.29, 1.82) is 0 Å². The Morgan fingerprint density at radius 1 is 1.26 bits per heavy atom. The van der Waals surface area contributed by atoms with Crippen molar-refractivity contribution in [2.24, 2.45) is 0 Å². The second-order valence-electron chi connectivity index (χ2n) is 5.27. The molecule has 0 saturated carbocycles. The van der Waals surface area contributed by atoms with E-state index in [-0.39, 0.29) is 32.8 Å². The van der Waals surface area contributed by atoms with Gasteiger partial charge in [-0.25, -0.2) is 12.8 Å². The number of hydrogen-bond donors (Lipinski definition) is 1. The second-order valence-corrected chi connectivity index (χ2v) is 8.20. The molecule has 23 heavy (non-hydrogen) atoms. The first-order valence-corrected chi connectivity index (χ1v) is 9.01. The monoisotopic (exact) mass is 411 g/mol. The molecule has 1 aromatic rings. The zero-order valence-electron chi connectivity index (χ0n) is 11.4. The summed E-state index contributed by atoms with van der Waals surface area (Å²) < 4.78 is 77.0. The maximum atomic E-state index is 13.4. The molecule has 0 radical (unpaired) electrons. The smallest absolute Gasteiger partial charge is 0.354 e. The molecule has 1 atom stereocenters. The van der Waals surface area contributed by atoms with Crippen LogP contribution in [0.5, 0.6) is 0 Å². The molecule has 3 nitrogen and oxygen atoms in total. The number of nitrogens with one attached hydrogen (secondary N) is 1. The fourth-order valence-electron chi connectivity index (χ4n) is 2.73. The highest BCUT2D eigenvalue weighted by molar-refractivity contribution is 9.10. The highest BCUT2D eigenvalue weighted by atomic mass is 79.9. The van der Waals surface area contributed by atoms with Crippen LogP contribution in [0.3, 0.4) is 0 Å². The van der Waals surface area contributed by atoms with E-state index < -0.39 is 33.4 Å². The molecule has 9 heteroatoms. The minimum absolute atomic E-state index is 0.00392. The van der Waals surface area contributed by atoms with Gasteiger partial charge in [0, 0.05) is 18.0 Å². The van der Waals surface area contributed by atoms with Gasteiger partial charge in [-0.3, -0.25) is 0 Å². The fourth-order valence-corrected chi connectivity index (χ4v) is 4.94. The molecule has 0 saturated heterocycles. The lowest BCUT2D eigenvalue weighted by Gasteiger charge is -2.26. The molecule has 0 aliphatic carbocycles. The van der Waals surface area contributed by atoms with Crippen LogP contribution in [0.2, 0.25) is 0 Å². The van der Waals surface area contributed by atoms with Gasteiger partial charge in [-0.2, -0.15) is 13.2 Å². The molecule has 2 aliphatic heterocycles. The van der Waals surface area contributed by atoms with Crippen molar-refractivity contribution in [3.05, 3.63) is 56.4 Å². The largest absolute Gasteiger partial charge is 0.430 e. The maximum absolute atomic E-state index is 13.4. The average molecular weight is 412 g/mol. The highest BCUT2D eigenvalue weighted by Gasteiger charge is 2.44. The summed E-state index contributed by atoms with van der Waals surface area (Å²) in [6, 6.07) is 3.68. The van der Waals surface area contributed by atoms with Gasteiger partial charge in [0.1, 0.15) is 11.5 Å². The third-order valence-electron chi connectivity index (χ3n) is 3.76. The van der Waals surface area contributed by atoms with E-state index in [1.54, 1.807) is 0 Å². The van der Waals surface area contributed by atoms with E-state index >= 15 is 0 Å².